The van der Waals surface area contributed by atoms with Crippen LogP contribution >= 0.6 is 11.6 Å². The van der Waals surface area contributed by atoms with Crippen molar-refractivity contribution in [1.82, 2.24) is 4.98 Å². The Labute approximate surface area is 97.3 Å². The van der Waals surface area contributed by atoms with E-state index < -0.39 is 5.82 Å². The lowest BCUT2D eigenvalue weighted by Crippen LogP contribution is -1.88. The summed E-state index contributed by atoms with van der Waals surface area (Å²) in [5, 5.41) is 9.07. The van der Waals surface area contributed by atoms with Crippen LogP contribution in [-0.4, -0.2) is 10.1 Å². The lowest BCUT2D eigenvalue weighted by molar-refractivity contribution is 0.281. The van der Waals surface area contributed by atoms with Gasteiger partial charge < -0.3 is 5.11 Å². The van der Waals surface area contributed by atoms with Crippen LogP contribution in [0.4, 0.5) is 4.39 Å². The van der Waals surface area contributed by atoms with E-state index in [9.17, 15) is 4.39 Å². The number of rotatable bonds is 2. The van der Waals surface area contributed by atoms with Crippen molar-refractivity contribution in [3.63, 3.8) is 0 Å². The van der Waals surface area contributed by atoms with Crippen molar-refractivity contribution in [2.45, 2.75) is 6.61 Å². The first-order chi connectivity index (χ1) is 7.70. The van der Waals surface area contributed by atoms with Gasteiger partial charge in [0.15, 0.2) is 0 Å². The summed E-state index contributed by atoms with van der Waals surface area (Å²) in [6, 6.07) is 6.32. The third-order valence-corrected chi connectivity index (χ3v) is 2.54. The highest BCUT2D eigenvalue weighted by atomic mass is 35.5. The Morgan fingerprint density at radius 2 is 2.00 bits per heavy atom. The minimum absolute atomic E-state index is 0.0864. The Bertz CT molecular complexity index is 516. The van der Waals surface area contributed by atoms with Crippen molar-refractivity contribution in [3.8, 4) is 11.1 Å². The molecule has 82 valence electrons. The third kappa shape index (κ3) is 2.21. The first-order valence-electron chi connectivity index (χ1n) is 4.71. The molecule has 0 unspecified atom stereocenters. The average molecular weight is 238 g/mol. The first kappa shape index (κ1) is 11.0. The van der Waals surface area contributed by atoms with Crippen LogP contribution in [0.5, 0.6) is 0 Å². The standard InChI is InChI=1S/C12H9ClFNO/c13-11-2-1-9(4-12(11)14)10-3-8(7-16)5-15-6-10/h1-6,16H,7H2. The van der Waals surface area contributed by atoms with Crippen molar-refractivity contribution in [3.05, 3.63) is 53.1 Å². The molecule has 1 aromatic carbocycles. The number of pyridine rings is 1. The lowest BCUT2D eigenvalue weighted by atomic mass is 10.1. The second-order valence-electron chi connectivity index (χ2n) is 3.37. The maximum absolute atomic E-state index is 13.2. The normalized spacial score (nSPS) is 10.4. The summed E-state index contributed by atoms with van der Waals surface area (Å²) in [5.41, 5.74) is 2.12. The summed E-state index contributed by atoms with van der Waals surface area (Å²) >= 11 is 5.60. The fourth-order valence-electron chi connectivity index (χ4n) is 1.41. The van der Waals surface area contributed by atoms with E-state index >= 15 is 0 Å². The smallest absolute Gasteiger partial charge is 0.142 e. The predicted molar refractivity (Wildman–Crippen MR) is 60.6 cm³/mol. The van der Waals surface area contributed by atoms with Gasteiger partial charge in [0.05, 0.1) is 11.6 Å². The largest absolute Gasteiger partial charge is 0.392 e. The number of aromatic nitrogens is 1. The minimum atomic E-state index is -0.464. The van der Waals surface area contributed by atoms with Crippen LogP contribution in [0.1, 0.15) is 5.56 Å². The van der Waals surface area contributed by atoms with E-state index in [1.165, 1.54) is 12.1 Å². The molecule has 0 saturated heterocycles. The summed E-state index contributed by atoms with van der Waals surface area (Å²) in [4.78, 5) is 3.97. The Morgan fingerprint density at radius 3 is 2.69 bits per heavy atom. The summed E-state index contributed by atoms with van der Waals surface area (Å²) in [6.07, 6.45) is 3.18. The molecule has 0 atom stereocenters. The van der Waals surface area contributed by atoms with Gasteiger partial charge >= 0.3 is 0 Å². The first-order valence-corrected chi connectivity index (χ1v) is 5.08. The van der Waals surface area contributed by atoms with E-state index in [4.69, 9.17) is 16.7 Å². The third-order valence-electron chi connectivity index (χ3n) is 2.23. The van der Waals surface area contributed by atoms with E-state index in [0.717, 1.165) is 5.56 Å². The quantitative estimate of drug-likeness (QED) is 0.871. The van der Waals surface area contributed by atoms with Crippen LogP contribution in [0.3, 0.4) is 0 Å². The van der Waals surface area contributed by atoms with Gasteiger partial charge in [-0.2, -0.15) is 0 Å². The number of nitrogens with zero attached hydrogens (tertiary/aromatic N) is 1. The van der Waals surface area contributed by atoms with Crippen LogP contribution in [0.25, 0.3) is 11.1 Å². The number of benzene rings is 1. The minimum Gasteiger partial charge on any atom is -0.392 e. The monoisotopic (exact) mass is 237 g/mol. The molecule has 0 radical (unpaired) electrons. The molecule has 0 amide bonds. The topological polar surface area (TPSA) is 33.1 Å². The zero-order valence-corrected chi connectivity index (χ0v) is 9.08. The van der Waals surface area contributed by atoms with E-state index in [2.05, 4.69) is 4.98 Å². The lowest BCUT2D eigenvalue weighted by Gasteiger charge is -2.04. The van der Waals surface area contributed by atoms with Gasteiger partial charge in [-0.1, -0.05) is 17.7 Å². The Morgan fingerprint density at radius 1 is 1.19 bits per heavy atom. The molecule has 0 bridgehead atoms. The summed E-state index contributed by atoms with van der Waals surface area (Å²) in [5.74, 6) is -0.464. The Kier molecular flexibility index (Phi) is 3.17. The molecule has 2 rings (SSSR count). The summed E-state index contributed by atoms with van der Waals surface area (Å²) in [7, 11) is 0. The van der Waals surface area contributed by atoms with Gasteiger partial charge in [0.25, 0.3) is 0 Å². The molecule has 1 N–H and O–H groups in total. The van der Waals surface area contributed by atoms with Gasteiger partial charge in [-0.3, -0.25) is 4.98 Å². The van der Waals surface area contributed by atoms with Gasteiger partial charge in [0.2, 0.25) is 0 Å². The highest BCUT2D eigenvalue weighted by molar-refractivity contribution is 6.30. The summed E-state index contributed by atoms with van der Waals surface area (Å²) in [6.45, 7) is -0.0864. The van der Waals surface area contributed by atoms with E-state index in [1.54, 1.807) is 24.5 Å². The molecule has 0 aliphatic rings. The fraction of sp³-hybridized carbons (Fsp3) is 0.0833. The van der Waals surface area contributed by atoms with Crippen molar-refractivity contribution in [1.29, 1.82) is 0 Å². The second kappa shape index (κ2) is 4.60. The van der Waals surface area contributed by atoms with Crippen molar-refractivity contribution in [2.75, 3.05) is 0 Å². The van der Waals surface area contributed by atoms with Crippen LogP contribution in [0.2, 0.25) is 5.02 Å². The molecule has 0 aliphatic heterocycles. The highest BCUT2D eigenvalue weighted by Crippen LogP contribution is 2.24. The number of aliphatic hydroxyl groups excluding tert-OH is 1. The predicted octanol–water partition coefficient (Wildman–Crippen LogP) is 3.03. The average Bonchev–Trinajstić information content (AvgIpc) is 2.33. The van der Waals surface area contributed by atoms with E-state index in [0.29, 0.717) is 11.1 Å². The van der Waals surface area contributed by atoms with Crippen LogP contribution in [-0.2, 0) is 6.61 Å². The van der Waals surface area contributed by atoms with Crippen molar-refractivity contribution >= 4 is 11.6 Å². The van der Waals surface area contributed by atoms with Crippen molar-refractivity contribution < 1.29 is 9.50 Å². The molecule has 1 heterocycles. The Balaban J connectivity index is 2.46. The Hall–Kier alpha value is -1.45. The molecule has 0 fully saturated rings. The molecule has 0 aliphatic carbocycles. The molecular formula is C12H9ClFNO. The van der Waals surface area contributed by atoms with Crippen molar-refractivity contribution in [2.24, 2.45) is 0 Å². The molecule has 0 spiro atoms. The molecule has 0 saturated carbocycles. The molecule has 1 aromatic heterocycles. The van der Waals surface area contributed by atoms with Gasteiger partial charge in [0.1, 0.15) is 5.82 Å². The van der Waals surface area contributed by atoms with E-state index in [1.807, 2.05) is 0 Å². The maximum atomic E-state index is 13.2. The number of hydrogen-bond acceptors (Lipinski definition) is 2. The van der Waals surface area contributed by atoms with Gasteiger partial charge in [-0.15, -0.1) is 0 Å². The van der Waals surface area contributed by atoms with E-state index in [-0.39, 0.29) is 11.6 Å². The summed E-state index contributed by atoms with van der Waals surface area (Å²) < 4.78 is 13.2. The second-order valence-corrected chi connectivity index (χ2v) is 3.78. The molecular weight excluding hydrogens is 229 g/mol. The van der Waals surface area contributed by atoms with Gasteiger partial charge in [-0.25, -0.2) is 4.39 Å². The maximum Gasteiger partial charge on any atom is 0.142 e. The SMILES string of the molecule is OCc1cncc(-c2ccc(Cl)c(F)c2)c1. The molecule has 2 aromatic rings. The number of aliphatic hydroxyl groups is 1. The zero-order valence-electron chi connectivity index (χ0n) is 8.32. The van der Waals surface area contributed by atoms with Crippen LogP contribution in [0.15, 0.2) is 36.7 Å². The highest BCUT2D eigenvalue weighted by Gasteiger charge is 2.04. The number of halogens is 2. The van der Waals surface area contributed by atoms with Crippen LogP contribution in [0, 0.1) is 5.82 Å². The zero-order chi connectivity index (χ0) is 11.5. The number of hydrogen-bond donors (Lipinski definition) is 1. The van der Waals surface area contributed by atoms with Crippen LogP contribution < -0.4 is 0 Å². The molecule has 4 heteroatoms. The van der Waals surface area contributed by atoms with Gasteiger partial charge in [0, 0.05) is 18.0 Å². The van der Waals surface area contributed by atoms with Gasteiger partial charge in [-0.05, 0) is 29.3 Å². The fourth-order valence-corrected chi connectivity index (χ4v) is 1.53. The molecule has 16 heavy (non-hydrogen) atoms. The molecule has 2 nitrogen and oxygen atoms in total.